The Kier molecular flexibility index (Phi) is 3.57. The van der Waals surface area contributed by atoms with E-state index in [0.717, 1.165) is 5.56 Å². The average molecular weight is 243 g/mol. The standard InChI is InChI=1S/C14H13NO3/c1-17-13-6-4-3-5-11(13)12-9-10(7-8-15-12)14(16)18-2/h3-9H,1-2H3. The SMILES string of the molecule is COC(=O)c1ccnc(-c2ccccc2OC)c1. The lowest BCUT2D eigenvalue weighted by atomic mass is 10.1. The molecule has 1 aromatic heterocycles. The van der Waals surface area contributed by atoms with Gasteiger partial charge in [0.05, 0.1) is 25.5 Å². The van der Waals surface area contributed by atoms with E-state index in [1.165, 1.54) is 7.11 Å². The third-order valence-electron chi connectivity index (χ3n) is 2.56. The zero-order chi connectivity index (χ0) is 13.0. The average Bonchev–Trinajstić information content (AvgIpc) is 2.46. The zero-order valence-electron chi connectivity index (χ0n) is 10.2. The minimum Gasteiger partial charge on any atom is -0.496 e. The highest BCUT2D eigenvalue weighted by Crippen LogP contribution is 2.28. The van der Waals surface area contributed by atoms with Crippen molar-refractivity contribution in [2.75, 3.05) is 14.2 Å². The van der Waals surface area contributed by atoms with E-state index in [9.17, 15) is 4.79 Å². The summed E-state index contributed by atoms with van der Waals surface area (Å²) in [5.74, 6) is 0.334. The van der Waals surface area contributed by atoms with Crippen molar-refractivity contribution in [2.24, 2.45) is 0 Å². The van der Waals surface area contributed by atoms with E-state index in [-0.39, 0.29) is 5.97 Å². The maximum absolute atomic E-state index is 11.5. The van der Waals surface area contributed by atoms with Gasteiger partial charge in [0, 0.05) is 11.8 Å². The highest BCUT2D eigenvalue weighted by Gasteiger charge is 2.10. The quantitative estimate of drug-likeness (QED) is 0.777. The first-order chi connectivity index (χ1) is 8.76. The van der Waals surface area contributed by atoms with Gasteiger partial charge in [-0.25, -0.2) is 4.79 Å². The van der Waals surface area contributed by atoms with Crippen LogP contribution in [0.15, 0.2) is 42.6 Å². The number of pyridine rings is 1. The first-order valence-corrected chi connectivity index (χ1v) is 5.44. The molecule has 0 saturated heterocycles. The van der Waals surface area contributed by atoms with Crippen LogP contribution in [0.25, 0.3) is 11.3 Å². The molecule has 92 valence electrons. The van der Waals surface area contributed by atoms with Crippen molar-refractivity contribution in [3.8, 4) is 17.0 Å². The number of methoxy groups -OCH3 is 2. The van der Waals surface area contributed by atoms with E-state index in [4.69, 9.17) is 4.74 Å². The number of hydrogen-bond acceptors (Lipinski definition) is 4. The van der Waals surface area contributed by atoms with Crippen LogP contribution in [0, 0.1) is 0 Å². The van der Waals surface area contributed by atoms with E-state index in [2.05, 4.69) is 9.72 Å². The summed E-state index contributed by atoms with van der Waals surface area (Å²) < 4.78 is 9.96. The highest BCUT2D eigenvalue weighted by atomic mass is 16.5. The number of benzene rings is 1. The van der Waals surface area contributed by atoms with Crippen molar-refractivity contribution in [3.05, 3.63) is 48.2 Å². The fourth-order valence-corrected chi connectivity index (χ4v) is 1.68. The molecule has 1 heterocycles. The lowest BCUT2D eigenvalue weighted by molar-refractivity contribution is 0.0600. The number of aromatic nitrogens is 1. The lowest BCUT2D eigenvalue weighted by Gasteiger charge is -2.08. The summed E-state index contributed by atoms with van der Waals surface area (Å²) in [4.78, 5) is 15.7. The molecule has 2 aromatic rings. The van der Waals surface area contributed by atoms with Gasteiger partial charge in [-0.05, 0) is 24.3 Å². The van der Waals surface area contributed by atoms with Crippen LogP contribution in [0.3, 0.4) is 0 Å². The maximum atomic E-state index is 11.5. The molecule has 0 aliphatic rings. The van der Waals surface area contributed by atoms with Gasteiger partial charge >= 0.3 is 5.97 Å². The van der Waals surface area contributed by atoms with Crippen LogP contribution in [0.4, 0.5) is 0 Å². The van der Waals surface area contributed by atoms with Gasteiger partial charge in [-0.15, -0.1) is 0 Å². The van der Waals surface area contributed by atoms with Crippen molar-refractivity contribution >= 4 is 5.97 Å². The molecule has 0 bridgehead atoms. The summed E-state index contributed by atoms with van der Waals surface area (Å²) in [6.45, 7) is 0. The van der Waals surface area contributed by atoms with Crippen molar-refractivity contribution in [3.63, 3.8) is 0 Å². The van der Waals surface area contributed by atoms with Crippen LogP contribution in [0.1, 0.15) is 10.4 Å². The Hall–Kier alpha value is -2.36. The van der Waals surface area contributed by atoms with Gasteiger partial charge in [-0.3, -0.25) is 4.98 Å². The van der Waals surface area contributed by atoms with Crippen molar-refractivity contribution in [1.82, 2.24) is 4.98 Å². The first-order valence-electron chi connectivity index (χ1n) is 5.44. The van der Waals surface area contributed by atoms with E-state index < -0.39 is 0 Å². The lowest BCUT2D eigenvalue weighted by Crippen LogP contribution is -2.02. The van der Waals surface area contributed by atoms with Crippen LogP contribution in [-0.2, 0) is 4.74 Å². The summed E-state index contributed by atoms with van der Waals surface area (Å²) in [7, 11) is 2.95. The number of nitrogens with zero attached hydrogens (tertiary/aromatic N) is 1. The molecule has 1 aromatic carbocycles. The first kappa shape index (κ1) is 12.1. The predicted molar refractivity (Wildman–Crippen MR) is 67.6 cm³/mol. The monoisotopic (exact) mass is 243 g/mol. The van der Waals surface area contributed by atoms with Crippen LogP contribution in [0.5, 0.6) is 5.75 Å². The molecule has 0 unspecified atom stereocenters. The van der Waals surface area contributed by atoms with Gasteiger partial charge in [-0.1, -0.05) is 12.1 Å². The summed E-state index contributed by atoms with van der Waals surface area (Å²) in [5.41, 5.74) is 1.98. The maximum Gasteiger partial charge on any atom is 0.337 e. The van der Waals surface area contributed by atoms with Crippen LogP contribution < -0.4 is 4.74 Å². The second-order valence-electron chi connectivity index (χ2n) is 3.62. The number of esters is 1. The smallest absolute Gasteiger partial charge is 0.337 e. The molecule has 4 nitrogen and oxygen atoms in total. The normalized spacial score (nSPS) is 9.89. The van der Waals surface area contributed by atoms with E-state index in [1.54, 1.807) is 25.4 Å². The van der Waals surface area contributed by atoms with Crippen LogP contribution in [0.2, 0.25) is 0 Å². The molecule has 0 amide bonds. The fraction of sp³-hybridized carbons (Fsp3) is 0.143. The molecule has 2 rings (SSSR count). The third-order valence-corrected chi connectivity index (χ3v) is 2.56. The summed E-state index contributed by atoms with van der Waals surface area (Å²) in [6.07, 6.45) is 1.58. The molecular formula is C14H13NO3. The predicted octanol–water partition coefficient (Wildman–Crippen LogP) is 2.54. The molecular weight excluding hydrogens is 230 g/mol. The number of ether oxygens (including phenoxy) is 2. The van der Waals surface area contributed by atoms with Gasteiger partial charge in [-0.2, -0.15) is 0 Å². The van der Waals surface area contributed by atoms with Gasteiger partial charge in [0.15, 0.2) is 0 Å². The second-order valence-corrected chi connectivity index (χ2v) is 3.62. The van der Waals surface area contributed by atoms with Crippen molar-refractivity contribution in [2.45, 2.75) is 0 Å². The van der Waals surface area contributed by atoms with Gasteiger partial charge in [0.25, 0.3) is 0 Å². The minimum atomic E-state index is -0.381. The van der Waals surface area contributed by atoms with E-state index >= 15 is 0 Å². The summed E-state index contributed by atoms with van der Waals surface area (Å²) in [5, 5.41) is 0. The highest BCUT2D eigenvalue weighted by molar-refractivity contribution is 5.90. The fourth-order valence-electron chi connectivity index (χ4n) is 1.68. The Morgan fingerprint density at radius 2 is 1.94 bits per heavy atom. The minimum absolute atomic E-state index is 0.381. The molecule has 0 spiro atoms. The topological polar surface area (TPSA) is 48.4 Å². The number of carbonyl (C=O) groups excluding carboxylic acids is 1. The number of hydrogen-bond donors (Lipinski definition) is 0. The summed E-state index contributed by atoms with van der Waals surface area (Å²) in [6, 6.07) is 10.8. The summed E-state index contributed by atoms with van der Waals surface area (Å²) >= 11 is 0. The van der Waals surface area contributed by atoms with Gasteiger partial charge in [0.1, 0.15) is 5.75 Å². The second kappa shape index (κ2) is 5.31. The molecule has 18 heavy (non-hydrogen) atoms. The number of para-hydroxylation sites is 1. The van der Waals surface area contributed by atoms with E-state index in [1.807, 2.05) is 24.3 Å². The molecule has 0 saturated carbocycles. The number of carbonyl (C=O) groups is 1. The molecule has 0 fully saturated rings. The largest absolute Gasteiger partial charge is 0.496 e. The van der Waals surface area contributed by atoms with Crippen LogP contribution in [-0.4, -0.2) is 25.2 Å². The Morgan fingerprint density at radius 3 is 2.67 bits per heavy atom. The Balaban J connectivity index is 2.48. The van der Waals surface area contributed by atoms with Crippen molar-refractivity contribution < 1.29 is 14.3 Å². The van der Waals surface area contributed by atoms with E-state index in [0.29, 0.717) is 17.0 Å². The van der Waals surface area contributed by atoms with Crippen LogP contribution >= 0.6 is 0 Å². The van der Waals surface area contributed by atoms with Gasteiger partial charge < -0.3 is 9.47 Å². The zero-order valence-corrected chi connectivity index (χ0v) is 10.2. The molecule has 0 aliphatic carbocycles. The Labute approximate surface area is 105 Å². The van der Waals surface area contributed by atoms with Crippen molar-refractivity contribution in [1.29, 1.82) is 0 Å². The number of rotatable bonds is 3. The Morgan fingerprint density at radius 1 is 1.17 bits per heavy atom. The molecule has 0 aliphatic heterocycles. The third kappa shape index (κ3) is 2.32. The molecule has 0 atom stereocenters. The Bertz CT molecular complexity index is 566. The van der Waals surface area contributed by atoms with Gasteiger partial charge in [0.2, 0.25) is 0 Å². The molecule has 4 heteroatoms. The molecule has 0 radical (unpaired) electrons. The molecule has 0 N–H and O–H groups in total.